The maximum Gasteiger partial charge on any atom is 0.260 e. The standard InChI is InChI=1S/C19H21N3O3/c1-24-16-7-6-13(9-17(16)25-14-4-2-3-5-14)22-11-12-8-18(20)21-10-15(12)19(22)23/h6-10,14H,2-5,11H2,1H3,(H2,20,21). The van der Waals surface area contributed by atoms with Crippen molar-refractivity contribution in [3.8, 4) is 11.5 Å². The van der Waals surface area contributed by atoms with Crippen LogP contribution < -0.4 is 20.1 Å². The largest absolute Gasteiger partial charge is 0.493 e. The lowest BCUT2D eigenvalue weighted by Crippen LogP contribution is -2.23. The monoisotopic (exact) mass is 339 g/mol. The smallest absolute Gasteiger partial charge is 0.260 e. The van der Waals surface area contributed by atoms with Gasteiger partial charge in [-0.3, -0.25) is 4.79 Å². The van der Waals surface area contributed by atoms with Crippen LogP contribution in [0.3, 0.4) is 0 Å². The third kappa shape index (κ3) is 2.88. The molecule has 4 rings (SSSR count). The number of benzene rings is 1. The Morgan fingerprint density at radius 1 is 1.20 bits per heavy atom. The van der Waals surface area contributed by atoms with Crippen molar-refractivity contribution in [3.63, 3.8) is 0 Å². The second-order valence-electron chi connectivity index (χ2n) is 6.52. The number of anilines is 2. The molecule has 25 heavy (non-hydrogen) atoms. The molecule has 2 aliphatic rings. The number of hydrogen-bond donors (Lipinski definition) is 1. The third-order valence-electron chi connectivity index (χ3n) is 4.87. The number of amides is 1. The third-order valence-corrected chi connectivity index (χ3v) is 4.87. The van der Waals surface area contributed by atoms with Crippen molar-refractivity contribution in [2.75, 3.05) is 17.7 Å². The summed E-state index contributed by atoms with van der Waals surface area (Å²) in [5, 5.41) is 0. The van der Waals surface area contributed by atoms with E-state index in [1.807, 2.05) is 18.2 Å². The Morgan fingerprint density at radius 3 is 2.76 bits per heavy atom. The number of nitrogens with zero attached hydrogens (tertiary/aromatic N) is 2. The van der Waals surface area contributed by atoms with Crippen molar-refractivity contribution in [3.05, 3.63) is 41.6 Å². The highest BCUT2D eigenvalue weighted by atomic mass is 16.5. The molecule has 0 spiro atoms. The van der Waals surface area contributed by atoms with Crippen LogP contribution in [0, 0.1) is 0 Å². The number of methoxy groups -OCH3 is 1. The number of nitrogens with two attached hydrogens (primary N) is 1. The first-order valence-corrected chi connectivity index (χ1v) is 8.56. The first kappa shape index (κ1) is 15.7. The van der Waals surface area contributed by atoms with Gasteiger partial charge in [0.25, 0.3) is 5.91 Å². The Bertz CT molecular complexity index is 816. The van der Waals surface area contributed by atoms with E-state index in [1.165, 1.54) is 12.8 Å². The number of nitrogen functional groups attached to an aromatic ring is 1. The molecule has 1 amide bonds. The molecule has 1 aliphatic carbocycles. The van der Waals surface area contributed by atoms with Crippen molar-refractivity contribution in [1.29, 1.82) is 0 Å². The SMILES string of the molecule is COc1ccc(N2Cc3cc(N)ncc3C2=O)cc1OC1CCCC1. The Morgan fingerprint density at radius 2 is 2.00 bits per heavy atom. The normalized spacial score (nSPS) is 17.0. The molecule has 0 saturated heterocycles. The predicted octanol–water partition coefficient (Wildman–Crippen LogP) is 3.15. The van der Waals surface area contributed by atoms with Crippen molar-refractivity contribution in [2.24, 2.45) is 0 Å². The summed E-state index contributed by atoms with van der Waals surface area (Å²) in [6, 6.07) is 7.37. The molecule has 1 fully saturated rings. The van der Waals surface area contributed by atoms with E-state index in [2.05, 4.69) is 4.98 Å². The highest BCUT2D eigenvalue weighted by Crippen LogP contribution is 2.37. The van der Waals surface area contributed by atoms with E-state index in [1.54, 1.807) is 24.3 Å². The minimum atomic E-state index is -0.0699. The van der Waals surface area contributed by atoms with Gasteiger partial charge in [0.2, 0.25) is 0 Å². The summed E-state index contributed by atoms with van der Waals surface area (Å²) in [7, 11) is 1.63. The van der Waals surface area contributed by atoms with Crippen LogP contribution in [-0.2, 0) is 6.54 Å². The lowest BCUT2D eigenvalue weighted by Gasteiger charge is -2.20. The van der Waals surface area contributed by atoms with Crippen LogP contribution in [0.5, 0.6) is 11.5 Å². The van der Waals surface area contributed by atoms with Gasteiger partial charge in [-0.15, -0.1) is 0 Å². The maximum absolute atomic E-state index is 12.7. The molecule has 1 aliphatic heterocycles. The summed E-state index contributed by atoms with van der Waals surface area (Å²) in [4.78, 5) is 18.4. The summed E-state index contributed by atoms with van der Waals surface area (Å²) in [5.74, 6) is 1.73. The maximum atomic E-state index is 12.7. The fourth-order valence-electron chi connectivity index (χ4n) is 3.55. The van der Waals surface area contributed by atoms with Gasteiger partial charge in [-0.05, 0) is 49.4 Å². The lowest BCUT2D eigenvalue weighted by atomic mass is 10.2. The summed E-state index contributed by atoms with van der Waals surface area (Å²) in [5.41, 5.74) is 8.02. The van der Waals surface area contributed by atoms with Crippen LogP contribution in [0.4, 0.5) is 11.5 Å². The summed E-state index contributed by atoms with van der Waals surface area (Å²) in [6.45, 7) is 0.482. The minimum absolute atomic E-state index is 0.0699. The van der Waals surface area contributed by atoms with Crippen LogP contribution in [-0.4, -0.2) is 24.1 Å². The van der Waals surface area contributed by atoms with Crippen LogP contribution in [0.15, 0.2) is 30.5 Å². The van der Waals surface area contributed by atoms with Gasteiger partial charge in [0.1, 0.15) is 5.82 Å². The quantitative estimate of drug-likeness (QED) is 0.926. The molecule has 6 nitrogen and oxygen atoms in total. The van der Waals surface area contributed by atoms with E-state index in [-0.39, 0.29) is 12.0 Å². The number of hydrogen-bond acceptors (Lipinski definition) is 5. The first-order valence-electron chi connectivity index (χ1n) is 8.56. The van der Waals surface area contributed by atoms with E-state index in [0.29, 0.717) is 29.4 Å². The summed E-state index contributed by atoms with van der Waals surface area (Å²) in [6.07, 6.45) is 6.28. The molecule has 2 aromatic rings. The number of carbonyl (C=O) groups is 1. The van der Waals surface area contributed by atoms with E-state index in [4.69, 9.17) is 15.2 Å². The van der Waals surface area contributed by atoms with Crippen LogP contribution >= 0.6 is 0 Å². The fourth-order valence-corrected chi connectivity index (χ4v) is 3.55. The fraction of sp³-hybridized carbons (Fsp3) is 0.368. The van der Waals surface area contributed by atoms with Crippen LogP contribution in [0.25, 0.3) is 0 Å². The molecule has 1 aromatic heterocycles. The molecular formula is C19H21N3O3. The van der Waals surface area contributed by atoms with Gasteiger partial charge in [-0.1, -0.05) is 0 Å². The van der Waals surface area contributed by atoms with Gasteiger partial charge >= 0.3 is 0 Å². The van der Waals surface area contributed by atoms with Gasteiger partial charge in [-0.2, -0.15) is 0 Å². The molecule has 130 valence electrons. The highest BCUT2D eigenvalue weighted by Gasteiger charge is 2.30. The molecule has 0 radical (unpaired) electrons. The summed E-state index contributed by atoms with van der Waals surface area (Å²) >= 11 is 0. The minimum Gasteiger partial charge on any atom is -0.493 e. The van der Waals surface area contributed by atoms with Gasteiger partial charge < -0.3 is 20.1 Å². The molecular weight excluding hydrogens is 318 g/mol. The van der Waals surface area contributed by atoms with Gasteiger partial charge in [0.15, 0.2) is 11.5 Å². The number of aromatic nitrogens is 1. The Hall–Kier alpha value is -2.76. The zero-order valence-electron chi connectivity index (χ0n) is 14.2. The molecule has 6 heteroatoms. The molecule has 1 saturated carbocycles. The molecule has 0 bridgehead atoms. The van der Waals surface area contributed by atoms with E-state index in [0.717, 1.165) is 24.1 Å². The Balaban J connectivity index is 1.63. The van der Waals surface area contributed by atoms with Crippen molar-refractivity contribution in [2.45, 2.75) is 38.3 Å². The average molecular weight is 339 g/mol. The van der Waals surface area contributed by atoms with Gasteiger partial charge in [0.05, 0.1) is 25.3 Å². The van der Waals surface area contributed by atoms with E-state index >= 15 is 0 Å². The predicted molar refractivity (Wildman–Crippen MR) is 95.0 cm³/mol. The average Bonchev–Trinajstić information content (AvgIpc) is 3.23. The van der Waals surface area contributed by atoms with Crippen molar-refractivity contribution >= 4 is 17.4 Å². The second-order valence-corrected chi connectivity index (χ2v) is 6.52. The highest BCUT2D eigenvalue weighted by molar-refractivity contribution is 6.10. The summed E-state index contributed by atoms with van der Waals surface area (Å²) < 4.78 is 11.6. The zero-order chi connectivity index (χ0) is 17.4. The number of fused-ring (bicyclic) bond motifs is 1. The number of pyridine rings is 1. The number of carbonyl (C=O) groups excluding carboxylic acids is 1. The second kappa shape index (κ2) is 6.27. The molecule has 1 aromatic carbocycles. The van der Waals surface area contributed by atoms with Crippen molar-refractivity contribution < 1.29 is 14.3 Å². The van der Waals surface area contributed by atoms with E-state index < -0.39 is 0 Å². The number of ether oxygens (including phenoxy) is 2. The van der Waals surface area contributed by atoms with Gasteiger partial charge in [-0.25, -0.2) is 4.98 Å². The molecule has 0 atom stereocenters. The van der Waals surface area contributed by atoms with Gasteiger partial charge in [0, 0.05) is 18.0 Å². The first-order chi connectivity index (χ1) is 12.2. The van der Waals surface area contributed by atoms with Crippen LogP contribution in [0.2, 0.25) is 0 Å². The van der Waals surface area contributed by atoms with Crippen LogP contribution in [0.1, 0.15) is 41.6 Å². The number of rotatable bonds is 4. The molecule has 0 unspecified atom stereocenters. The lowest BCUT2D eigenvalue weighted by molar-refractivity contribution is 0.0996. The zero-order valence-corrected chi connectivity index (χ0v) is 14.2. The topological polar surface area (TPSA) is 77.7 Å². The van der Waals surface area contributed by atoms with E-state index in [9.17, 15) is 4.79 Å². The Labute approximate surface area is 146 Å². The molecule has 2 heterocycles. The Kier molecular flexibility index (Phi) is 3.95. The molecule has 2 N–H and O–H groups in total. The van der Waals surface area contributed by atoms with Crippen molar-refractivity contribution in [1.82, 2.24) is 4.98 Å².